The Kier molecular flexibility index (Phi) is 6.27. The third-order valence-electron chi connectivity index (χ3n) is 5.08. The molecule has 0 aromatic heterocycles. The van der Waals surface area contributed by atoms with E-state index >= 15 is 0 Å². The van der Waals surface area contributed by atoms with Gasteiger partial charge in [0.1, 0.15) is 0 Å². The SMILES string of the molecule is CCN(CC(=O)O)C1CC(NC(=O)N2CCCC2CC(C)C)C1. The van der Waals surface area contributed by atoms with Crippen LogP contribution in [0.5, 0.6) is 0 Å². The van der Waals surface area contributed by atoms with Gasteiger partial charge in [0.25, 0.3) is 0 Å². The van der Waals surface area contributed by atoms with Crippen LogP contribution in [0, 0.1) is 5.92 Å². The first-order valence-corrected chi connectivity index (χ1v) is 8.93. The number of hydrogen-bond donors (Lipinski definition) is 2. The number of carboxylic acid groups (broad SMARTS) is 1. The summed E-state index contributed by atoms with van der Waals surface area (Å²) < 4.78 is 0. The maximum absolute atomic E-state index is 12.5. The van der Waals surface area contributed by atoms with Crippen LogP contribution in [0.15, 0.2) is 0 Å². The van der Waals surface area contributed by atoms with Crippen LogP contribution in [0.3, 0.4) is 0 Å². The van der Waals surface area contributed by atoms with Gasteiger partial charge in [-0.2, -0.15) is 0 Å². The normalized spacial score (nSPS) is 27.3. The van der Waals surface area contributed by atoms with Gasteiger partial charge in [0.2, 0.25) is 0 Å². The second-order valence-corrected chi connectivity index (χ2v) is 7.35. The van der Waals surface area contributed by atoms with E-state index in [9.17, 15) is 9.59 Å². The van der Waals surface area contributed by atoms with Crippen molar-refractivity contribution in [1.29, 1.82) is 0 Å². The van der Waals surface area contributed by atoms with Gasteiger partial charge in [0.05, 0.1) is 6.54 Å². The third-order valence-corrected chi connectivity index (χ3v) is 5.08. The topological polar surface area (TPSA) is 72.9 Å². The zero-order valence-corrected chi connectivity index (χ0v) is 14.6. The molecule has 0 radical (unpaired) electrons. The van der Waals surface area contributed by atoms with E-state index in [2.05, 4.69) is 19.2 Å². The van der Waals surface area contributed by atoms with E-state index in [1.54, 1.807) is 0 Å². The van der Waals surface area contributed by atoms with Crippen molar-refractivity contribution < 1.29 is 14.7 Å². The first kappa shape index (κ1) is 18.0. The Morgan fingerprint density at radius 1 is 1.35 bits per heavy atom. The van der Waals surface area contributed by atoms with Crippen LogP contribution < -0.4 is 5.32 Å². The van der Waals surface area contributed by atoms with Gasteiger partial charge in [-0.1, -0.05) is 20.8 Å². The fourth-order valence-electron chi connectivity index (χ4n) is 3.83. The fraction of sp³-hybridized carbons (Fsp3) is 0.882. The van der Waals surface area contributed by atoms with Crippen molar-refractivity contribution in [2.24, 2.45) is 5.92 Å². The molecule has 1 aliphatic carbocycles. The Balaban J connectivity index is 1.76. The van der Waals surface area contributed by atoms with Gasteiger partial charge < -0.3 is 15.3 Å². The zero-order valence-electron chi connectivity index (χ0n) is 14.6. The number of urea groups is 1. The van der Waals surface area contributed by atoms with Crippen LogP contribution in [0.25, 0.3) is 0 Å². The van der Waals surface area contributed by atoms with E-state index in [1.807, 2.05) is 16.7 Å². The lowest BCUT2D eigenvalue weighted by atomic mass is 9.85. The quantitative estimate of drug-likeness (QED) is 0.752. The van der Waals surface area contributed by atoms with Crippen LogP contribution in [-0.4, -0.2) is 64.7 Å². The summed E-state index contributed by atoms with van der Waals surface area (Å²) in [7, 11) is 0. The summed E-state index contributed by atoms with van der Waals surface area (Å²) in [5.41, 5.74) is 0. The van der Waals surface area contributed by atoms with Crippen molar-refractivity contribution in [3.63, 3.8) is 0 Å². The van der Waals surface area contributed by atoms with Gasteiger partial charge in [0, 0.05) is 24.7 Å². The first-order valence-electron chi connectivity index (χ1n) is 8.93. The van der Waals surface area contributed by atoms with Gasteiger partial charge in [0.15, 0.2) is 0 Å². The number of likely N-dealkylation sites (N-methyl/N-ethyl adjacent to an activating group) is 1. The number of carbonyl (C=O) groups excluding carboxylic acids is 1. The smallest absolute Gasteiger partial charge is 0.317 e. The summed E-state index contributed by atoms with van der Waals surface area (Å²) in [5.74, 6) is -0.177. The number of aliphatic carboxylic acids is 1. The highest BCUT2D eigenvalue weighted by Crippen LogP contribution is 2.27. The molecule has 1 unspecified atom stereocenters. The summed E-state index contributed by atoms with van der Waals surface area (Å²) >= 11 is 0. The predicted octanol–water partition coefficient (Wildman–Crippen LogP) is 2.14. The predicted molar refractivity (Wildman–Crippen MR) is 89.4 cm³/mol. The molecule has 0 aromatic carbocycles. The Hall–Kier alpha value is -1.30. The monoisotopic (exact) mass is 325 g/mol. The number of hydrogen-bond acceptors (Lipinski definition) is 3. The van der Waals surface area contributed by atoms with E-state index in [1.165, 1.54) is 0 Å². The molecule has 0 bridgehead atoms. The molecule has 6 heteroatoms. The molecule has 0 aromatic rings. The minimum atomic E-state index is -0.784. The second kappa shape index (κ2) is 7.99. The number of likely N-dealkylation sites (tertiary alicyclic amines) is 1. The molecular formula is C17H31N3O3. The molecule has 1 heterocycles. The Labute approximate surface area is 139 Å². The van der Waals surface area contributed by atoms with E-state index in [0.717, 1.165) is 45.2 Å². The molecule has 0 spiro atoms. The number of amides is 2. The van der Waals surface area contributed by atoms with Crippen LogP contribution in [-0.2, 0) is 4.79 Å². The maximum atomic E-state index is 12.5. The summed E-state index contributed by atoms with van der Waals surface area (Å²) in [5, 5.41) is 12.1. The summed E-state index contributed by atoms with van der Waals surface area (Å²) in [6, 6.07) is 0.921. The molecule has 132 valence electrons. The van der Waals surface area contributed by atoms with E-state index < -0.39 is 5.97 Å². The summed E-state index contributed by atoms with van der Waals surface area (Å²) in [4.78, 5) is 27.3. The van der Waals surface area contributed by atoms with Crippen molar-refractivity contribution in [3.05, 3.63) is 0 Å². The molecule has 2 aliphatic rings. The van der Waals surface area contributed by atoms with Crippen molar-refractivity contribution in [2.75, 3.05) is 19.6 Å². The van der Waals surface area contributed by atoms with Crippen LogP contribution in [0.4, 0.5) is 4.79 Å². The minimum absolute atomic E-state index is 0.0675. The first-order chi connectivity index (χ1) is 10.9. The molecule has 2 N–H and O–H groups in total. The highest BCUT2D eigenvalue weighted by molar-refractivity contribution is 5.75. The molecule has 2 amide bonds. The molecule has 23 heavy (non-hydrogen) atoms. The lowest BCUT2D eigenvalue weighted by Crippen LogP contribution is -2.57. The van der Waals surface area contributed by atoms with Gasteiger partial charge in [-0.05, 0) is 44.6 Å². The summed E-state index contributed by atoms with van der Waals surface area (Å²) in [6.45, 7) is 8.07. The molecule has 2 fully saturated rings. The molecule has 6 nitrogen and oxygen atoms in total. The number of carboxylic acids is 1. The molecule has 1 aliphatic heterocycles. The number of carbonyl (C=O) groups is 2. The van der Waals surface area contributed by atoms with E-state index in [-0.39, 0.29) is 24.7 Å². The Morgan fingerprint density at radius 3 is 2.61 bits per heavy atom. The molecular weight excluding hydrogens is 294 g/mol. The largest absolute Gasteiger partial charge is 0.480 e. The average Bonchev–Trinajstić information content (AvgIpc) is 2.87. The standard InChI is InChI=1S/C17H31N3O3/c1-4-19(11-16(21)22)15-9-13(10-15)18-17(23)20-7-5-6-14(20)8-12(2)3/h12-15H,4-11H2,1-3H3,(H,18,23)(H,21,22). The van der Waals surface area contributed by atoms with Crippen molar-refractivity contribution >= 4 is 12.0 Å². The number of rotatable bonds is 7. The lowest BCUT2D eigenvalue weighted by molar-refractivity contribution is -0.139. The highest BCUT2D eigenvalue weighted by atomic mass is 16.4. The van der Waals surface area contributed by atoms with Crippen molar-refractivity contribution in [2.45, 2.75) is 71.0 Å². The van der Waals surface area contributed by atoms with Gasteiger partial charge in [-0.25, -0.2) is 4.79 Å². The van der Waals surface area contributed by atoms with E-state index in [0.29, 0.717) is 12.0 Å². The van der Waals surface area contributed by atoms with Crippen LogP contribution >= 0.6 is 0 Å². The number of nitrogens with zero attached hydrogens (tertiary/aromatic N) is 2. The minimum Gasteiger partial charge on any atom is -0.480 e. The van der Waals surface area contributed by atoms with E-state index in [4.69, 9.17) is 5.11 Å². The number of nitrogens with one attached hydrogen (secondary N) is 1. The van der Waals surface area contributed by atoms with Crippen molar-refractivity contribution in [1.82, 2.24) is 15.1 Å². The van der Waals surface area contributed by atoms with Gasteiger partial charge in [-0.15, -0.1) is 0 Å². The molecule has 2 rings (SSSR count). The lowest BCUT2D eigenvalue weighted by Gasteiger charge is -2.43. The van der Waals surface area contributed by atoms with Crippen molar-refractivity contribution in [3.8, 4) is 0 Å². The van der Waals surface area contributed by atoms with Gasteiger partial charge in [-0.3, -0.25) is 9.69 Å². The molecule has 1 atom stereocenters. The summed E-state index contributed by atoms with van der Waals surface area (Å²) in [6.07, 6.45) is 5.00. The molecule has 1 saturated heterocycles. The molecule has 1 saturated carbocycles. The zero-order chi connectivity index (χ0) is 17.0. The van der Waals surface area contributed by atoms with Crippen LogP contribution in [0.1, 0.15) is 52.9 Å². The van der Waals surface area contributed by atoms with Crippen LogP contribution in [0.2, 0.25) is 0 Å². The second-order valence-electron chi connectivity index (χ2n) is 7.35. The fourth-order valence-corrected chi connectivity index (χ4v) is 3.83. The average molecular weight is 325 g/mol. The third kappa shape index (κ3) is 4.83. The Bertz CT molecular complexity index is 421. The highest BCUT2D eigenvalue weighted by Gasteiger charge is 2.37. The Morgan fingerprint density at radius 2 is 2.04 bits per heavy atom. The maximum Gasteiger partial charge on any atom is 0.317 e. The van der Waals surface area contributed by atoms with Gasteiger partial charge >= 0.3 is 12.0 Å².